The molecule has 0 saturated heterocycles. The fourth-order valence-corrected chi connectivity index (χ4v) is 2.54. The van der Waals surface area contributed by atoms with Crippen LogP contribution in [0.2, 0.25) is 0 Å². The van der Waals surface area contributed by atoms with Crippen molar-refractivity contribution in [2.45, 2.75) is 6.18 Å². The predicted octanol–water partition coefficient (Wildman–Crippen LogP) is 3.81. The molecule has 3 rings (SSSR count). The molecule has 0 saturated carbocycles. The van der Waals surface area contributed by atoms with Gasteiger partial charge in [-0.15, -0.1) is 0 Å². The van der Waals surface area contributed by atoms with E-state index in [1.165, 1.54) is 12.1 Å². The topological polar surface area (TPSA) is 165 Å². The van der Waals surface area contributed by atoms with Crippen molar-refractivity contribution < 1.29 is 27.8 Å². The Labute approximate surface area is 181 Å². The van der Waals surface area contributed by atoms with Gasteiger partial charge < -0.3 is 5.32 Å². The minimum Gasteiger partial charge on any atom is -0.334 e. The van der Waals surface area contributed by atoms with Gasteiger partial charge in [0.1, 0.15) is 6.33 Å². The third-order valence-electron chi connectivity index (χ3n) is 4.11. The Morgan fingerprint density at radius 3 is 2.03 bits per heavy atom. The molecule has 1 amide bonds. The van der Waals surface area contributed by atoms with Crippen molar-refractivity contribution in [3.05, 3.63) is 86.2 Å². The van der Waals surface area contributed by atoms with E-state index in [9.17, 15) is 38.2 Å². The van der Waals surface area contributed by atoms with Crippen molar-refractivity contribution in [2.75, 3.05) is 10.7 Å². The van der Waals surface area contributed by atoms with Crippen LogP contribution in [0.1, 0.15) is 15.9 Å². The molecule has 0 fully saturated rings. The number of benzene rings is 2. The standard InChI is InChI=1S/C18H12F3N7O5/c19-18(20,21)11-3-5-12(6-4-11)24-15-14(28(32)33)16(23-9-22-15)25-26-17(29)10-1-7-13(8-2-10)27(30)31/h1-9H,(H,26,29)(H2,22,23,24,25). The van der Waals surface area contributed by atoms with E-state index < -0.39 is 39.0 Å². The molecule has 0 spiro atoms. The first-order chi connectivity index (χ1) is 15.6. The molecule has 3 aromatic rings. The van der Waals surface area contributed by atoms with E-state index in [2.05, 4.69) is 26.1 Å². The van der Waals surface area contributed by atoms with E-state index in [0.717, 1.165) is 42.7 Å². The molecule has 0 unspecified atom stereocenters. The molecule has 12 nitrogen and oxygen atoms in total. The summed E-state index contributed by atoms with van der Waals surface area (Å²) < 4.78 is 38.1. The van der Waals surface area contributed by atoms with Crippen LogP contribution in [-0.4, -0.2) is 25.7 Å². The summed E-state index contributed by atoms with van der Waals surface area (Å²) in [5.74, 6) is -1.53. The fraction of sp³-hybridized carbons (Fsp3) is 0.0556. The summed E-state index contributed by atoms with van der Waals surface area (Å²) in [6, 6.07) is 8.29. The first-order valence-electron chi connectivity index (χ1n) is 8.80. The number of nitrogens with one attached hydrogen (secondary N) is 3. The Morgan fingerprint density at radius 2 is 1.48 bits per heavy atom. The number of hydrogen-bond acceptors (Lipinski definition) is 9. The molecule has 0 bridgehead atoms. The third-order valence-corrected chi connectivity index (χ3v) is 4.11. The van der Waals surface area contributed by atoms with Gasteiger partial charge >= 0.3 is 11.9 Å². The Bertz CT molecular complexity index is 1200. The highest BCUT2D eigenvalue weighted by Gasteiger charge is 2.30. The summed E-state index contributed by atoms with van der Waals surface area (Å²) in [6.07, 6.45) is -3.61. The smallest absolute Gasteiger partial charge is 0.334 e. The van der Waals surface area contributed by atoms with Gasteiger partial charge in [0, 0.05) is 23.4 Å². The fourth-order valence-electron chi connectivity index (χ4n) is 2.54. The molecule has 1 aromatic heterocycles. The second-order valence-electron chi connectivity index (χ2n) is 6.26. The number of non-ortho nitro benzene ring substituents is 1. The minimum absolute atomic E-state index is 0.0212. The Morgan fingerprint density at radius 1 is 0.879 bits per heavy atom. The van der Waals surface area contributed by atoms with Gasteiger partial charge in [0.2, 0.25) is 11.6 Å². The molecule has 170 valence electrons. The number of nitro benzene ring substituents is 1. The van der Waals surface area contributed by atoms with Crippen molar-refractivity contribution in [2.24, 2.45) is 0 Å². The van der Waals surface area contributed by atoms with Crippen LogP contribution in [0.4, 0.5) is 41.9 Å². The molecule has 2 aromatic carbocycles. The van der Waals surface area contributed by atoms with Crippen molar-refractivity contribution >= 4 is 34.6 Å². The van der Waals surface area contributed by atoms with Crippen molar-refractivity contribution in [1.29, 1.82) is 0 Å². The number of halogens is 3. The van der Waals surface area contributed by atoms with Crippen molar-refractivity contribution in [3.63, 3.8) is 0 Å². The zero-order valence-corrected chi connectivity index (χ0v) is 16.2. The summed E-state index contributed by atoms with van der Waals surface area (Å²) in [4.78, 5) is 40.4. The van der Waals surface area contributed by atoms with E-state index in [4.69, 9.17) is 0 Å². The average Bonchev–Trinajstić information content (AvgIpc) is 2.77. The maximum Gasteiger partial charge on any atom is 0.416 e. The summed E-state index contributed by atoms with van der Waals surface area (Å²) in [5, 5.41) is 24.8. The van der Waals surface area contributed by atoms with E-state index >= 15 is 0 Å². The van der Waals surface area contributed by atoms with Crippen molar-refractivity contribution in [3.8, 4) is 0 Å². The first-order valence-corrected chi connectivity index (χ1v) is 8.80. The third kappa shape index (κ3) is 5.46. The molecule has 3 N–H and O–H groups in total. The molecule has 15 heteroatoms. The lowest BCUT2D eigenvalue weighted by Gasteiger charge is -2.12. The van der Waals surface area contributed by atoms with Crippen LogP contribution < -0.4 is 16.2 Å². The van der Waals surface area contributed by atoms with E-state index in [1.807, 2.05) is 0 Å². The number of hydrogen-bond donors (Lipinski definition) is 3. The van der Waals surface area contributed by atoms with Crippen LogP contribution in [-0.2, 0) is 6.18 Å². The number of nitro groups is 2. The molecular weight excluding hydrogens is 451 g/mol. The monoisotopic (exact) mass is 463 g/mol. The Hall–Kier alpha value is -4.82. The largest absolute Gasteiger partial charge is 0.416 e. The molecule has 33 heavy (non-hydrogen) atoms. The van der Waals surface area contributed by atoms with Gasteiger partial charge in [-0.05, 0) is 36.4 Å². The van der Waals surface area contributed by atoms with Gasteiger partial charge in [0.05, 0.1) is 15.4 Å². The molecule has 0 aliphatic rings. The quantitative estimate of drug-likeness (QED) is 0.349. The highest BCUT2D eigenvalue weighted by molar-refractivity contribution is 5.95. The number of nitrogens with zero attached hydrogens (tertiary/aromatic N) is 4. The second kappa shape index (κ2) is 9.13. The second-order valence-corrected chi connectivity index (χ2v) is 6.26. The molecular formula is C18H12F3N7O5. The number of carbonyl (C=O) groups excluding carboxylic acids is 1. The number of carbonyl (C=O) groups is 1. The van der Waals surface area contributed by atoms with E-state index in [0.29, 0.717) is 0 Å². The van der Waals surface area contributed by atoms with Gasteiger partial charge in [-0.1, -0.05) is 0 Å². The van der Waals surface area contributed by atoms with Crippen LogP contribution in [0.25, 0.3) is 0 Å². The Kier molecular flexibility index (Phi) is 6.32. The average molecular weight is 463 g/mol. The number of rotatable bonds is 7. The van der Waals surface area contributed by atoms with Crippen LogP contribution >= 0.6 is 0 Å². The zero-order valence-electron chi connectivity index (χ0n) is 16.2. The highest BCUT2D eigenvalue weighted by atomic mass is 19.4. The summed E-state index contributed by atoms with van der Waals surface area (Å²) in [7, 11) is 0. The minimum atomic E-state index is -4.54. The number of anilines is 3. The number of amides is 1. The molecule has 0 aliphatic heterocycles. The highest BCUT2D eigenvalue weighted by Crippen LogP contribution is 2.33. The van der Waals surface area contributed by atoms with Crippen LogP contribution in [0.15, 0.2) is 54.9 Å². The number of aromatic nitrogens is 2. The van der Waals surface area contributed by atoms with Crippen LogP contribution in [0.5, 0.6) is 0 Å². The van der Waals surface area contributed by atoms with E-state index in [1.54, 1.807) is 0 Å². The van der Waals surface area contributed by atoms with Crippen LogP contribution in [0, 0.1) is 20.2 Å². The van der Waals surface area contributed by atoms with Gasteiger partial charge in [0.25, 0.3) is 11.6 Å². The maximum atomic E-state index is 12.7. The summed E-state index contributed by atoms with van der Waals surface area (Å²) >= 11 is 0. The lowest BCUT2D eigenvalue weighted by atomic mass is 10.2. The number of alkyl halides is 3. The molecule has 0 radical (unpaired) electrons. The van der Waals surface area contributed by atoms with Crippen molar-refractivity contribution in [1.82, 2.24) is 15.4 Å². The normalized spacial score (nSPS) is 10.9. The first kappa shape index (κ1) is 22.9. The lowest BCUT2D eigenvalue weighted by Crippen LogP contribution is -2.30. The van der Waals surface area contributed by atoms with Gasteiger partial charge in [-0.3, -0.25) is 35.9 Å². The molecule has 0 atom stereocenters. The predicted molar refractivity (Wildman–Crippen MR) is 108 cm³/mol. The molecule has 0 aliphatic carbocycles. The number of hydrazine groups is 1. The Balaban J connectivity index is 1.78. The maximum absolute atomic E-state index is 12.7. The van der Waals surface area contributed by atoms with Gasteiger partial charge in [-0.25, -0.2) is 9.97 Å². The summed E-state index contributed by atoms with van der Waals surface area (Å²) in [6.45, 7) is 0. The zero-order chi connectivity index (χ0) is 24.2. The van der Waals surface area contributed by atoms with Crippen LogP contribution in [0.3, 0.4) is 0 Å². The van der Waals surface area contributed by atoms with Gasteiger partial charge in [0.15, 0.2) is 0 Å². The van der Waals surface area contributed by atoms with E-state index in [-0.39, 0.29) is 22.8 Å². The van der Waals surface area contributed by atoms with Gasteiger partial charge in [-0.2, -0.15) is 13.2 Å². The SMILES string of the molecule is O=C(NNc1ncnc(Nc2ccc(C(F)(F)F)cc2)c1[N+](=O)[O-])c1ccc([N+](=O)[O-])cc1. The molecule has 1 heterocycles. The summed E-state index contributed by atoms with van der Waals surface area (Å²) in [5.41, 5.74) is 2.72. The lowest BCUT2D eigenvalue weighted by molar-refractivity contribution is -0.384.